The summed E-state index contributed by atoms with van der Waals surface area (Å²) in [5, 5.41) is 0. The lowest BCUT2D eigenvalue weighted by molar-refractivity contribution is 0.0958. The number of nitrogens with zero attached hydrogens (tertiary/aromatic N) is 1. The number of rotatable bonds is 6. The number of anilines is 1. The van der Waals surface area contributed by atoms with Gasteiger partial charge in [0, 0.05) is 25.2 Å². The molecule has 0 aliphatic heterocycles. The van der Waals surface area contributed by atoms with Gasteiger partial charge in [0.25, 0.3) is 5.91 Å². The van der Waals surface area contributed by atoms with E-state index in [9.17, 15) is 4.79 Å². The first kappa shape index (κ1) is 15.3. The molecule has 0 aliphatic carbocycles. The number of furan rings is 1. The Bertz CT molecular complexity index is 587. The molecule has 2 rings (SSSR count). The molecule has 0 bridgehead atoms. The van der Waals surface area contributed by atoms with E-state index in [0.29, 0.717) is 18.8 Å². The minimum absolute atomic E-state index is 0.1000. The van der Waals surface area contributed by atoms with Gasteiger partial charge in [-0.15, -0.1) is 0 Å². The van der Waals surface area contributed by atoms with Gasteiger partial charge in [-0.25, -0.2) is 0 Å². The van der Waals surface area contributed by atoms with Gasteiger partial charge in [0.05, 0.1) is 0 Å². The molecular weight excluding hydrogens is 264 g/mol. The highest BCUT2D eigenvalue weighted by Gasteiger charge is 2.20. The van der Waals surface area contributed by atoms with Gasteiger partial charge in [0.1, 0.15) is 5.76 Å². The van der Waals surface area contributed by atoms with E-state index >= 15 is 0 Å². The van der Waals surface area contributed by atoms with Crippen LogP contribution in [0.5, 0.6) is 0 Å². The van der Waals surface area contributed by atoms with Crippen molar-refractivity contribution in [3.05, 3.63) is 53.5 Å². The van der Waals surface area contributed by atoms with Crippen molar-refractivity contribution in [1.29, 1.82) is 0 Å². The maximum absolute atomic E-state index is 12.6. The van der Waals surface area contributed by atoms with Crippen LogP contribution in [-0.4, -0.2) is 12.5 Å². The standard InChI is InChI=1S/C17H22N2O2/c1-3-11-19(14-7-5-13(12-18)6-8-14)17(20)16-10-9-15(4-2)21-16/h5-10H,3-4,11-12,18H2,1-2H3. The van der Waals surface area contributed by atoms with Gasteiger partial charge >= 0.3 is 0 Å². The van der Waals surface area contributed by atoms with Gasteiger partial charge in [0.15, 0.2) is 5.76 Å². The van der Waals surface area contributed by atoms with Crippen molar-refractivity contribution in [3.63, 3.8) is 0 Å². The largest absolute Gasteiger partial charge is 0.456 e. The summed E-state index contributed by atoms with van der Waals surface area (Å²) in [5.74, 6) is 1.12. The van der Waals surface area contributed by atoms with E-state index in [1.807, 2.05) is 44.2 Å². The van der Waals surface area contributed by atoms with Crippen LogP contribution in [-0.2, 0) is 13.0 Å². The fourth-order valence-electron chi connectivity index (χ4n) is 2.20. The average molecular weight is 286 g/mol. The number of hydrogen-bond acceptors (Lipinski definition) is 3. The quantitative estimate of drug-likeness (QED) is 0.885. The van der Waals surface area contributed by atoms with Crippen molar-refractivity contribution in [2.45, 2.75) is 33.2 Å². The van der Waals surface area contributed by atoms with Crippen LogP contribution in [0.3, 0.4) is 0 Å². The molecule has 0 saturated heterocycles. The zero-order chi connectivity index (χ0) is 15.2. The zero-order valence-electron chi connectivity index (χ0n) is 12.6. The Morgan fingerprint density at radius 3 is 2.38 bits per heavy atom. The SMILES string of the molecule is CCCN(C(=O)c1ccc(CC)o1)c1ccc(CN)cc1. The van der Waals surface area contributed by atoms with Gasteiger partial charge in [0.2, 0.25) is 0 Å². The molecule has 4 nitrogen and oxygen atoms in total. The maximum Gasteiger partial charge on any atom is 0.293 e. The molecule has 0 unspecified atom stereocenters. The molecular formula is C17H22N2O2. The fraction of sp³-hybridized carbons (Fsp3) is 0.353. The van der Waals surface area contributed by atoms with E-state index < -0.39 is 0 Å². The first-order valence-electron chi connectivity index (χ1n) is 7.39. The van der Waals surface area contributed by atoms with Crippen LogP contribution >= 0.6 is 0 Å². The van der Waals surface area contributed by atoms with Gasteiger partial charge in [-0.3, -0.25) is 4.79 Å². The molecule has 2 aromatic rings. The third kappa shape index (κ3) is 3.52. The number of carbonyl (C=O) groups is 1. The van der Waals surface area contributed by atoms with Crippen LogP contribution in [0.1, 0.15) is 42.1 Å². The molecule has 0 saturated carbocycles. The molecule has 1 aromatic heterocycles. The van der Waals surface area contributed by atoms with E-state index in [2.05, 4.69) is 0 Å². The molecule has 0 aliphatic rings. The number of aryl methyl sites for hydroxylation is 1. The van der Waals surface area contributed by atoms with Gasteiger partial charge in [-0.1, -0.05) is 26.0 Å². The second-order valence-corrected chi connectivity index (χ2v) is 4.95. The number of benzene rings is 1. The van der Waals surface area contributed by atoms with E-state index in [4.69, 9.17) is 10.2 Å². The molecule has 1 aromatic carbocycles. The van der Waals surface area contributed by atoms with Crippen LogP contribution in [0.15, 0.2) is 40.8 Å². The Kier molecular flexibility index (Phi) is 5.17. The molecule has 4 heteroatoms. The second kappa shape index (κ2) is 7.09. The molecule has 0 fully saturated rings. The van der Waals surface area contributed by atoms with Gasteiger partial charge in [-0.2, -0.15) is 0 Å². The van der Waals surface area contributed by atoms with Crippen molar-refractivity contribution < 1.29 is 9.21 Å². The molecule has 0 atom stereocenters. The summed E-state index contributed by atoms with van der Waals surface area (Å²) in [6, 6.07) is 11.4. The summed E-state index contributed by atoms with van der Waals surface area (Å²) >= 11 is 0. The number of nitrogens with two attached hydrogens (primary N) is 1. The second-order valence-electron chi connectivity index (χ2n) is 4.95. The van der Waals surface area contributed by atoms with Crippen molar-refractivity contribution in [2.24, 2.45) is 5.73 Å². The molecule has 21 heavy (non-hydrogen) atoms. The number of amides is 1. The normalized spacial score (nSPS) is 10.6. The molecule has 0 spiro atoms. The highest BCUT2D eigenvalue weighted by atomic mass is 16.4. The Balaban J connectivity index is 2.26. The summed E-state index contributed by atoms with van der Waals surface area (Å²) in [7, 11) is 0. The molecule has 112 valence electrons. The Labute approximate surface area is 125 Å². The van der Waals surface area contributed by atoms with E-state index in [0.717, 1.165) is 29.9 Å². The van der Waals surface area contributed by atoms with Crippen LogP contribution in [0.25, 0.3) is 0 Å². The van der Waals surface area contributed by atoms with Crippen molar-refractivity contribution >= 4 is 11.6 Å². The van der Waals surface area contributed by atoms with Crippen LogP contribution in [0.4, 0.5) is 5.69 Å². The lowest BCUT2D eigenvalue weighted by atomic mass is 10.2. The summed E-state index contributed by atoms with van der Waals surface area (Å²) in [4.78, 5) is 14.4. The molecule has 2 N–H and O–H groups in total. The topological polar surface area (TPSA) is 59.5 Å². The lowest BCUT2D eigenvalue weighted by Crippen LogP contribution is -2.31. The summed E-state index contributed by atoms with van der Waals surface area (Å²) in [5.41, 5.74) is 7.53. The molecule has 0 radical (unpaired) electrons. The minimum Gasteiger partial charge on any atom is -0.456 e. The molecule has 1 amide bonds. The van der Waals surface area contributed by atoms with Crippen molar-refractivity contribution in [1.82, 2.24) is 0 Å². The summed E-state index contributed by atoms with van der Waals surface area (Å²) < 4.78 is 5.58. The number of hydrogen-bond donors (Lipinski definition) is 1. The maximum atomic E-state index is 12.6. The average Bonchev–Trinajstić information content (AvgIpc) is 3.01. The highest BCUT2D eigenvalue weighted by Crippen LogP contribution is 2.20. The van der Waals surface area contributed by atoms with Crippen LogP contribution in [0, 0.1) is 0 Å². The third-order valence-corrected chi connectivity index (χ3v) is 3.40. The molecule has 1 heterocycles. The van der Waals surface area contributed by atoms with E-state index in [1.54, 1.807) is 11.0 Å². The van der Waals surface area contributed by atoms with Crippen molar-refractivity contribution in [2.75, 3.05) is 11.4 Å². The monoisotopic (exact) mass is 286 g/mol. The summed E-state index contributed by atoms with van der Waals surface area (Å²) in [6.45, 7) is 5.21. The predicted octanol–water partition coefficient (Wildman–Crippen LogP) is 3.36. The summed E-state index contributed by atoms with van der Waals surface area (Å²) in [6.07, 6.45) is 1.66. The first-order chi connectivity index (χ1) is 10.2. The minimum atomic E-state index is -0.1000. The third-order valence-electron chi connectivity index (χ3n) is 3.40. The fourth-order valence-corrected chi connectivity index (χ4v) is 2.20. The van der Waals surface area contributed by atoms with Crippen molar-refractivity contribution in [3.8, 4) is 0 Å². The Morgan fingerprint density at radius 2 is 1.86 bits per heavy atom. The predicted molar refractivity (Wildman–Crippen MR) is 84.4 cm³/mol. The number of carbonyl (C=O) groups excluding carboxylic acids is 1. The van der Waals surface area contributed by atoms with E-state index in [-0.39, 0.29) is 5.91 Å². The van der Waals surface area contributed by atoms with Gasteiger partial charge < -0.3 is 15.1 Å². The van der Waals surface area contributed by atoms with Crippen LogP contribution in [0.2, 0.25) is 0 Å². The van der Waals surface area contributed by atoms with Gasteiger partial charge in [-0.05, 0) is 36.2 Å². The zero-order valence-corrected chi connectivity index (χ0v) is 12.6. The van der Waals surface area contributed by atoms with Crippen LogP contribution < -0.4 is 10.6 Å². The first-order valence-corrected chi connectivity index (χ1v) is 7.39. The smallest absolute Gasteiger partial charge is 0.293 e. The Hall–Kier alpha value is -2.07. The Morgan fingerprint density at radius 1 is 1.14 bits per heavy atom. The highest BCUT2D eigenvalue weighted by molar-refractivity contribution is 6.04. The lowest BCUT2D eigenvalue weighted by Gasteiger charge is -2.21. The van der Waals surface area contributed by atoms with E-state index in [1.165, 1.54) is 0 Å².